The number of ether oxygens (including phenoxy) is 1. The van der Waals surface area contributed by atoms with Gasteiger partial charge in [0.1, 0.15) is 6.10 Å². The number of carbonyl (C=O) groups excluding carboxylic acids is 3. The number of esters is 1. The Morgan fingerprint density at radius 2 is 1.71 bits per heavy atom. The molecule has 4 heteroatoms. The summed E-state index contributed by atoms with van der Waals surface area (Å²) in [4.78, 5) is 35.4. The predicted molar refractivity (Wildman–Crippen MR) is 94.2 cm³/mol. The van der Waals surface area contributed by atoms with E-state index in [-0.39, 0.29) is 17.5 Å². The molecule has 1 aromatic carbocycles. The van der Waals surface area contributed by atoms with E-state index in [0.717, 1.165) is 25.7 Å². The summed E-state index contributed by atoms with van der Waals surface area (Å²) >= 11 is 0. The highest BCUT2D eigenvalue weighted by molar-refractivity contribution is 6.40. The summed E-state index contributed by atoms with van der Waals surface area (Å²) < 4.78 is 5.33. The van der Waals surface area contributed by atoms with E-state index in [4.69, 9.17) is 4.74 Å². The highest BCUT2D eigenvalue weighted by atomic mass is 16.5. The number of hydrogen-bond acceptors (Lipinski definition) is 4. The van der Waals surface area contributed by atoms with E-state index in [1.807, 2.05) is 19.9 Å². The molecule has 0 aromatic heterocycles. The minimum atomic E-state index is -0.828. The van der Waals surface area contributed by atoms with Crippen molar-refractivity contribution in [1.82, 2.24) is 0 Å². The molecular weight excluding hydrogens is 304 g/mol. The first-order valence-electron chi connectivity index (χ1n) is 8.47. The highest BCUT2D eigenvalue weighted by Crippen LogP contribution is 2.13. The van der Waals surface area contributed by atoms with Crippen molar-refractivity contribution < 1.29 is 19.1 Å². The van der Waals surface area contributed by atoms with E-state index in [1.165, 1.54) is 19.1 Å². The first-order chi connectivity index (χ1) is 11.5. The van der Waals surface area contributed by atoms with Crippen LogP contribution in [-0.4, -0.2) is 23.6 Å². The third-order valence-electron chi connectivity index (χ3n) is 3.85. The smallest absolute Gasteiger partial charge is 0.379 e. The molecule has 0 fully saturated rings. The first kappa shape index (κ1) is 19.8. The molecule has 1 atom stereocenters. The molecule has 1 aromatic rings. The lowest BCUT2D eigenvalue weighted by Gasteiger charge is -2.15. The molecule has 0 heterocycles. The van der Waals surface area contributed by atoms with Crippen molar-refractivity contribution >= 4 is 17.5 Å². The number of hydrogen-bond donors (Lipinski definition) is 0. The second-order valence-electron chi connectivity index (χ2n) is 5.75. The van der Waals surface area contributed by atoms with E-state index in [0.29, 0.717) is 12.0 Å². The average Bonchev–Trinajstić information content (AvgIpc) is 2.59. The van der Waals surface area contributed by atoms with E-state index in [1.54, 1.807) is 12.1 Å². The number of benzene rings is 1. The van der Waals surface area contributed by atoms with Crippen LogP contribution in [0.25, 0.3) is 0 Å². The van der Waals surface area contributed by atoms with Gasteiger partial charge in [0.25, 0.3) is 5.78 Å². The third-order valence-corrected chi connectivity index (χ3v) is 3.85. The molecule has 0 bridgehead atoms. The first-order valence-corrected chi connectivity index (χ1v) is 8.47. The van der Waals surface area contributed by atoms with Gasteiger partial charge in [0.05, 0.1) is 0 Å². The van der Waals surface area contributed by atoms with Gasteiger partial charge in [-0.25, -0.2) is 4.79 Å². The van der Waals surface area contributed by atoms with Gasteiger partial charge in [0, 0.05) is 11.1 Å². The zero-order valence-electron chi connectivity index (χ0n) is 14.7. The van der Waals surface area contributed by atoms with Crippen LogP contribution >= 0.6 is 0 Å². The van der Waals surface area contributed by atoms with Gasteiger partial charge in [0.2, 0.25) is 0 Å². The van der Waals surface area contributed by atoms with Crippen LogP contribution in [0.3, 0.4) is 0 Å². The van der Waals surface area contributed by atoms with Crippen LogP contribution in [0.5, 0.6) is 0 Å². The normalized spacial score (nSPS) is 12.1. The molecule has 0 amide bonds. The van der Waals surface area contributed by atoms with Crippen molar-refractivity contribution in [2.24, 2.45) is 0 Å². The molecule has 0 aliphatic rings. The molecule has 1 unspecified atom stereocenters. The fourth-order valence-corrected chi connectivity index (χ4v) is 2.33. The molecule has 0 radical (unpaired) electrons. The maximum atomic E-state index is 12.1. The van der Waals surface area contributed by atoms with Gasteiger partial charge in [0.15, 0.2) is 5.78 Å². The van der Waals surface area contributed by atoms with Crippen LogP contribution < -0.4 is 0 Å². The number of rotatable bonds is 10. The lowest BCUT2D eigenvalue weighted by molar-refractivity contribution is -0.143. The Bertz CT molecular complexity index is 584. The van der Waals surface area contributed by atoms with Gasteiger partial charge in [-0.05, 0) is 46.0 Å². The van der Waals surface area contributed by atoms with Crippen molar-refractivity contribution in [3.05, 3.63) is 47.5 Å². The maximum absolute atomic E-state index is 12.1. The molecule has 4 nitrogen and oxygen atoms in total. The molecule has 0 saturated carbocycles. The maximum Gasteiger partial charge on any atom is 0.379 e. The Morgan fingerprint density at radius 1 is 1.08 bits per heavy atom. The fourth-order valence-electron chi connectivity index (χ4n) is 2.33. The summed E-state index contributed by atoms with van der Waals surface area (Å²) in [6, 6.07) is 6.06. The van der Waals surface area contributed by atoms with Gasteiger partial charge < -0.3 is 4.74 Å². The Hall–Kier alpha value is -2.23. The monoisotopic (exact) mass is 330 g/mol. The van der Waals surface area contributed by atoms with Gasteiger partial charge in [-0.2, -0.15) is 0 Å². The van der Waals surface area contributed by atoms with Crippen molar-refractivity contribution in [2.75, 3.05) is 0 Å². The largest absolute Gasteiger partial charge is 0.456 e. The number of carbonyl (C=O) groups is 3. The van der Waals surface area contributed by atoms with Crippen molar-refractivity contribution in [3.63, 3.8) is 0 Å². The fraction of sp³-hybridized carbons (Fsp3) is 0.450. The Balaban J connectivity index is 2.54. The summed E-state index contributed by atoms with van der Waals surface area (Å²) in [6.07, 6.45) is 8.36. The van der Waals surface area contributed by atoms with Gasteiger partial charge in [-0.1, -0.05) is 43.3 Å². The Morgan fingerprint density at radius 3 is 2.25 bits per heavy atom. The second kappa shape index (κ2) is 10.5. The zero-order chi connectivity index (χ0) is 17.9. The van der Waals surface area contributed by atoms with Crippen LogP contribution in [0, 0.1) is 0 Å². The van der Waals surface area contributed by atoms with E-state index >= 15 is 0 Å². The number of allylic oxidation sites excluding steroid dienone is 2. The number of ketones is 2. The lowest BCUT2D eigenvalue weighted by atomic mass is 10.1. The quantitative estimate of drug-likeness (QED) is 0.208. The molecule has 0 N–H and O–H groups in total. The topological polar surface area (TPSA) is 60.4 Å². The zero-order valence-corrected chi connectivity index (χ0v) is 14.7. The van der Waals surface area contributed by atoms with Crippen LogP contribution in [0.15, 0.2) is 36.4 Å². The highest BCUT2D eigenvalue weighted by Gasteiger charge is 2.21. The third kappa shape index (κ3) is 6.49. The van der Waals surface area contributed by atoms with Gasteiger partial charge in [-0.3, -0.25) is 9.59 Å². The molecular formula is C20H26O4. The standard InChI is InChI=1S/C20H26O4/c1-4-6-7-8-9-10-18(5-2)24-20(23)19(22)17-13-11-16(12-14-17)15(3)21/h4,6,11-14,18H,5,7-10H2,1-3H3. The van der Waals surface area contributed by atoms with E-state index in [2.05, 4.69) is 6.08 Å². The molecule has 0 aliphatic heterocycles. The minimum absolute atomic E-state index is 0.0828. The Labute approximate surface area is 143 Å². The molecule has 1 rings (SSSR count). The average molecular weight is 330 g/mol. The summed E-state index contributed by atoms with van der Waals surface area (Å²) in [6.45, 7) is 5.38. The summed E-state index contributed by atoms with van der Waals surface area (Å²) in [7, 11) is 0. The molecule has 0 aliphatic carbocycles. The van der Waals surface area contributed by atoms with E-state index < -0.39 is 11.8 Å². The van der Waals surface area contributed by atoms with Crippen molar-refractivity contribution in [3.8, 4) is 0 Å². The van der Waals surface area contributed by atoms with Crippen molar-refractivity contribution in [2.45, 2.75) is 59.0 Å². The van der Waals surface area contributed by atoms with Crippen LogP contribution in [0.2, 0.25) is 0 Å². The molecule has 130 valence electrons. The summed E-state index contributed by atoms with van der Waals surface area (Å²) in [5.41, 5.74) is 0.750. The van der Waals surface area contributed by atoms with Crippen molar-refractivity contribution in [1.29, 1.82) is 0 Å². The van der Waals surface area contributed by atoms with E-state index in [9.17, 15) is 14.4 Å². The molecule has 24 heavy (non-hydrogen) atoms. The van der Waals surface area contributed by atoms with Gasteiger partial charge >= 0.3 is 5.97 Å². The van der Waals surface area contributed by atoms with Crippen LogP contribution in [0.1, 0.15) is 73.6 Å². The van der Waals surface area contributed by atoms with Gasteiger partial charge in [-0.15, -0.1) is 0 Å². The number of unbranched alkanes of at least 4 members (excludes halogenated alkanes) is 2. The second-order valence-corrected chi connectivity index (χ2v) is 5.75. The molecule has 0 saturated heterocycles. The minimum Gasteiger partial charge on any atom is -0.456 e. The summed E-state index contributed by atoms with van der Waals surface area (Å²) in [5.74, 6) is -1.58. The lowest BCUT2D eigenvalue weighted by Crippen LogP contribution is -2.24. The predicted octanol–water partition coefficient (Wildman–Crippen LogP) is 4.53. The molecule has 0 spiro atoms. The Kier molecular flexibility index (Phi) is 8.69. The summed E-state index contributed by atoms with van der Waals surface area (Å²) in [5, 5.41) is 0. The van der Waals surface area contributed by atoms with Crippen LogP contribution in [-0.2, 0) is 9.53 Å². The van der Waals surface area contributed by atoms with Crippen LogP contribution in [0.4, 0.5) is 0 Å². The number of Topliss-reactive ketones (excluding diaryl/α,β-unsaturated/α-hetero) is 2. The SMILES string of the molecule is CC=CCCCCC(CC)OC(=O)C(=O)c1ccc(C(C)=O)cc1.